The van der Waals surface area contributed by atoms with E-state index in [0.717, 1.165) is 39.1 Å². The third kappa shape index (κ3) is 4.80. The van der Waals surface area contributed by atoms with E-state index in [1.165, 1.54) is 0 Å². The van der Waals surface area contributed by atoms with Crippen LogP contribution in [-0.2, 0) is 4.79 Å². The Balaban J connectivity index is 1.84. The van der Waals surface area contributed by atoms with Crippen molar-refractivity contribution in [1.82, 2.24) is 0 Å². The van der Waals surface area contributed by atoms with Gasteiger partial charge in [0.05, 0.1) is 0 Å². The molecule has 1 nitrogen and oxygen atoms in total. The first kappa shape index (κ1) is 26.3. The van der Waals surface area contributed by atoms with Gasteiger partial charge in [0.25, 0.3) is 0 Å². The zero-order chi connectivity index (χ0) is 25.8. The maximum absolute atomic E-state index is 12.4. The molecule has 1 aliphatic rings. The van der Waals surface area contributed by atoms with Gasteiger partial charge in [0.15, 0.2) is 0 Å². The topological polar surface area (TPSA) is 17.1 Å². The second-order valence-corrected chi connectivity index (χ2v) is 17.0. The van der Waals surface area contributed by atoms with Crippen LogP contribution in [-0.4, -0.2) is 11.9 Å². The van der Waals surface area contributed by atoms with Gasteiger partial charge < -0.3 is 0 Å². The molecule has 36 heavy (non-hydrogen) atoms. The Kier molecular flexibility index (Phi) is 7.56. The van der Waals surface area contributed by atoms with Gasteiger partial charge in [0, 0.05) is 0 Å². The Morgan fingerprint density at radius 2 is 1.31 bits per heavy atom. The van der Waals surface area contributed by atoms with Crippen LogP contribution in [0.15, 0.2) is 126 Å². The average molecular weight is 515 g/mol. The molecule has 186 valence electrons. The second-order valence-electron chi connectivity index (χ2n) is 10.5. The van der Waals surface area contributed by atoms with Gasteiger partial charge in [-0.1, -0.05) is 0 Å². The van der Waals surface area contributed by atoms with Crippen molar-refractivity contribution in [2.45, 2.75) is 40.5 Å². The van der Waals surface area contributed by atoms with Gasteiger partial charge >= 0.3 is 222 Å². The predicted molar refractivity (Wildman–Crippen MR) is 159 cm³/mol. The van der Waals surface area contributed by atoms with Crippen LogP contribution >= 0.6 is 17.2 Å². The number of hydrogen-bond acceptors (Lipinski definition) is 1. The molecule has 0 atom stereocenters. The van der Waals surface area contributed by atoms with Crippen LogP contribution in [0.3, 0.4) is 0 Å². The monoisotopic (exact) mass is 514 g/mol. The summed E-state index contributed by atoms with van der Waals surface area (Å²) in [5.41, 5.74) is 3.18. The Labute approximate surface area is 221 Å². The Morgan fingerprint density at radius 3 is 1.75 bits per heavy atom. The van der Waals surface area contributed by atoms with Crippen LogP contribution in [0.4, 0.5) is 0 Å². The fourth-order valence-corrected chi connectivity index (χ4v) is 11.1. The molecule has 0 fully saturated rings. The number of rotatable bonds is 7. The van der Waals surface area contributed by atoms with Crippen molar-refractivity contribution in [2.24, 2.45) is 5.41 Å². The number of ketones is 1. The molecule has 0 radical (unpaired) electrons. The number of halogens is 1. The quantitative estimate of drug-likeness (QED) is 0.231. The second kappa shape index (κ2) is 10.3. The summed E-state index contributed by atoms with van der Waals surface area (Å²) >= 11 is 8.16. The van der Waals surface area contributed by atoms with Gasteiger partial charge in [0.1, 0.15) is 0 Å². The van der Waals surface area contributed by atoms with E-state index in [1.807, 2.05) is 25.1 Å². The fraction of sp³-hybridized carbons (Fsp3) is 0.242. The summed E-state index contributed by atoms with van der Waals surface area (Å²) in [6.07, 6.45) is 8.80. The summed E-state index contributed by atoms with van der Waals surface area (Å²) in [5, 5.41) is 3.48. The normalized spacial score (nSPS) is 17.8. The number of carbonyl (C=O) groups excluding carboxylic acids is 1. The number of benzene rings is 3. The predicted octanol–water partition coefficient (Wildman–Crippen LogP) is 7.88. The molecule has 0 unspecified atom stereocenters. The van der Waals surface area contributed by atoms with Crippen molar-refractivity contribution in [3.63, 3.8) is 0 Å². The SMILES string of the molecule is CC(C=CC1=C(C)C(=O)CCC1(C)C)=CCP(Cl)(c1ccccc1)(c1ccccc1)c1ccccc1. The van der Waals surface area contributed by atoms with E-state index in [2.05, 4.69) is 112 Å². The minimum atomic E-state index is -3.33. The molecule has 0 aromatic heterocycles. The summed E-state index contributed by atoms with van der Waals surface area (Å²) in [4.78, 5) is 12.4. The summed E-state index contributed by atoms with van der Waals surface area (Å²) in [5.74, 6) is -3.07. The summed E-state index contributed by atoms with van der Waals surface area (Å²) in [7, 11) is 0. The maximum atomic E-state index is 12.4. The van der Waals surface area contributed by atoms with Gasteiger partial charge in [0.2, 0.25) is 0 Å². The van der Waals surface area contributed by atoms with Crippen LogP contribution in [0, 0.1) is 5.41 Å². The van der Waals surface area contributed by atoms with Crippen LogP contribution in [0.1, 0.15) is 40.5 Å². The molecular formula is C33H36ClOP. The standard InChI is InChI=1S/C33H36ClOP/c1-26(20-21-31-27(2)32(35)22-24-33(31,3)4)23-25-36(34,28-14-8-5-9-15-28,29-16-10-6-11-17-29)30-18-12-7-13-19-30/h5-21,23H,22,24-25H2,1-4H3. The number of hydrogen-bond donors (Lipinski definition) is 0. The van der Waals surface area contributed by atoms with Crippen molar-refractivity contribution in [1.29, 1.82) is 0 Å². The molecule has 0 spiro atoms. The number of allylic oxidation sites excluding steroid dienone is 6. The molecule has 3 aromatic rings. The zero-order valence-corrected chi connectivity index (χ0v) is 23.4. The number of Topliss-reactive ketones (excluding diaryl/α,β-unsaturated/α-hetero) is 1. The van der Waals surface area contributed by atoms with Gasteiger partial charge in [-0.05, 0) is 0 Å². The molecule has 0 heterocycles. The van der Waals surface area contributed by atoms with Crippen molar-refractivity contribution in [3.05, 3.63) is 126 Å². The van der Waals surface area contributed by atoms with Crippen molar-refractivity contribution in [2.75, 3.05) is 6.16 Å². The van der Waals surface area contributed by atoms with Gasteiger partial charge in [-0.15, -0.1) is 0 Å². The Morgan fingerprint density at radius 1 is 0.861 bits per heavy atom. The van der Waals surface area contributed by atoms with Crippen molar-refractivity contribution in [3.8, 4) is 0 Å². The third-order valence-electron chi connectivity index (χ3n) is 7.68. The molecule has 0 aliphatic heterocycles. The van der Waals surface area contributed by atoms with Gasteiger partial charge in [-0.3, -0.25) is 0 Å². The van der Waals surface area contributed by atoms with Crippen LogP contribution in [0.2, 0.25) is 0 Å². The van der Waals surface area contributed by atoms with E-state index < -0.39 is 5.96 Å². The molecule has 0 N–H and O–H groups in total. The molecule has 0 amide bonds. The molecule has 0 saturated heterocycles. The molecule has 0 bridgehead atoms. The van der Waals surface area contributed by atoms with Crippen LogP contribution in [0.25, 0.3) is 0 Å². The van der Waals surface area contributed by atoms with Gasteiger partial charge in [-0.25, -0.2) is 0 Å². The van der Waals surface area contributed by atoms with E-state index in [4.69, 9.17) is 11.2 Å². The fourth-order valence-electron chi connectivity index (χ4n) is 5.33. The van der Waals surface area contributed by atoms with Crippen molar-refractivity contribution < 1.29 is 4.79 Å². The molecule has 3 heteroatoms. The Hall–Kier alpha value is -2.73. The molecule has 0 saturated carbocycles. The van der Waals surface area contributed by atoms with Crippen molar-refractivity contribution >= 4 is 38.9 Å². The third-order valence-corrected chi connectivity index (χ3v) is 14.8. The van der Waals surface area contributed by atoms with E-state index in [-0.39, 0.29) is 11.2 Å². The summed E-state index contributed by atoms with van der Waals surface area (Å²) < 4.78 is 0. The van der Waals surface area contributed by atoms with E-state index in [1.54, 1.807) is 0 Å². The first-order chi connectivity index (χ1) is 17.2. The summed E-state index contributed by atoms with van der Waals surface area (Å²) in [6, 6.07) is 31.7. The average Bonchev–Trinajstić information content (AvgIpc) is 2.91. The van der Waals surface area contributed by atoms with E-state index >= 15 is 0 Å². The van der Waals surface area contributed by atoms with Crippen LogP contribution in [0.5, 0.6) is 0 Å². The zero-order valence-electron chi connectivity index (χ0n) is 21.7. The van der Waals surface area contributed by atoms with E-state index in [9.17, 15) is 4.79 Å². The Bertz CT molecular complexity index is 1220. The first-order valence-electron chi connectivity index (χ1n) is 12.7. The molecule has 3 aromatic carbocycles. The summed E-state index contributed by atoms with van der Waals surface area (Å²) in [6.45, 7) is 8.55. The van der Waals surface area contributed by atoms with E-state index in [0.29, 0.717) is 12.6 Å². The molecule has 1 aliphatic carbocycles. The van der Waals surface area contributed by atoms with Gasteiger partial charge in [-0.2, -0.15) is 0 Å². The molecular weight excluding hydrogens is 479 g/mol. The first-order valence-corrected chi connectivity index (χ1v) is 16.0. The minimum absolute atomic E-state index is 0.00141. The number of carbonyl (C=O) groups is 1. The molecule has 4 rings (SSSR count). The van der Waals surface area contributed by atoms with Crippen LogP contribution < -0.4 is 15.9 Å².